The van der Waals surface area contributed by atoms with Crippen LogP contribution in [-0.2, 0) is 9.53 Å². The summed E-state index contributed by atoms with van der Waals surface area (Å²) in [5.41, 5.74) is 4.92. The van der Waals surface area contributed by atoms with Gasteiger partial charge in [-0.25, -0.2) is 4.59 Å². The molecular weight excluding hydrogens is 338 g/mol. The highest BCUT2D eigenvalue weighted by Crippen LogP contribution is 2.49. The average Bonchev–Trinajstić information content (AvgIpc) is 3.20. The molecule has 5 nitrogen and oxygen atoms in total. The number of carbonyl (C=O) groups excluding carboxylic acids is 1. The molecule has 0 aromatic heterocycles. The predicted octanol–water partition coefficient (Wildman–Crippen LogP) is 3.69. The summed E-state index contributed by atoms with van der Waals surface area (Å²) in [5.74, 6) is 1.13. The molecule has 1 aromatic carbocycles. The van der Waals surface area contributed by atoms with Gasteiger partial charge in [0.15, 0.2) is 6.04 Å². The number of unbranched alkanes of at least 4 members (excludes halogenated alkanes) is 1. The van der Waals surface area contributed by atoms with Crippen molar-refractivity contribution in [2.75, 3.05) is 26.7 Å². The van der Waals surface area contributed by atoms with Crippen LogP contribution in [0.4, 0.5) is 0 Å². The number of hydrogen-bond donors (Lipinski definition) is 1. The first-order valence-electron chi connectivity index (χ1n) is 10.6. The summed E-state index contributed by atoms with van der Waals surface area (Å²) in [6, 6.07) is 11.1. The standard InChI is InChI=1S/C22H36N3O2/c1-5-8-14-25-16-20(22(26)27-4)23-24(25)15-19(17(6-2)7-3)21(25)18-12-10-9-11-13-18/h9-13,17,19-21,23H,5-8,14-16H2,1-4H3/q+1. The van der Waals surface area contributed by atoms with Crippen LogP contribution < -0.4 is 5.43 Å². The summed E-state index contributed by atoms with van der Waals surface area (Å²) < 4.78 is 5.91. The Balaban J connectivity index is 2.03. The van der Waals surface area contributed by atoms with Gasteiger partial charge in [-0.15, -0.1) is 0 Å². The number of rotatable bonds is 8. The average molecular weight is 375 g/mol. The van der Waals surface area contributed by atoms with E-state index in [0.29, 0.717) is 17.9 Å². The molecule has 2 aliphatic heterocycles. The molecule has 0 aliphatic carbocycles. The first-order chi connectivity index (χ1) is 13.1. The van der Waals surface area contributed by atoms with Gasteiger partial charge in [0.1, 0.15) is 12.6 Å². The lowest BCUT2D eigenvalue weighted by Crippen LogP contribution is -2.55. The van der Waals surface area contributed by atoms with Gasteiger partial charge < -0.3 is 4.74 Å². The zero-order valence-electron chi connectivity index (χ0n) is 17.4. The molecule has 0 radical (unpaired) electrons. The minimum Gasteiger partial charge on any atom is -0.468 e. The molecule has 0 amide bonds. The molecule has 2 aliphatic rings. The van der Waals surface area contributed by atoms with Crippen LogP contribution in [0.25, 0.3) is 0 Å². The number of esters is 1. The monoisotopic (exact) mass is 374 g/mol. The maximum absolute atomic E-state index is 12.3. The Morgan fingerprint density at radius 3 is 2.56 bits per heavy atom. The summed E-state index contributed by atoms with van der Waals surface area (Å²) in [6.45, 7) is 9.71. The Hall–Kier alpha value is -1.43. The number of nitrogens with zero attached hydrogens (tertiary/aromatic N) is 2. The number of methoxy groups -OCH3 is 1. The van der Waals surface area contributed by atoms with Gasteiger partial charge in [0.2, 0.25) is 0 Å². The molecule has 5 heteroatoms. The number of quaternary nitrogens is 1. The fourth-order valence-electron chi connectivity index (χ4n) is 5.41. The SMILES string of the molecule is CCCC[N+]12CC(C(=O)OC)NN1CC(C(CC)CC)C2c1ccccc1. The lowest BCUT2D eigenvalue weighted by molar-refractivity contribution is -1.04. The van der Waals surface area contributed by atoms with Crippen molar-refractivity contribution in [3.63, 3.8) is 0 Å². The second-order valence-electron chi connectivity index (χ2n) is 8.13. The smallest absolute Gasteiger partial charge is 0.330 e. The quantitative estimate of drug-likeness (QED) is 0.557. The first-order valence-corrected chi connectivity index (χ1v) is 10.6. The molecule has 1 N–H and O–H groups in total. The van der Waals surface area contributed by atoms with E-state index >= 15 is 0 Å². The van der Waals surface area contributed by atoms with Gasteiger partial charge >= 0.3 is 5.97 Å². The lowest BCUT2D eigenvalue weighted by Gasteiger charge is -2.41. The van der Waals surface area contributed by atoms with E-state index in [1.807, 2.05) is 0 Å². The Labute approximate surface area is 164 Å². The van der Waals surface area contributed by atoms with Gasteiger partial charge in [-0.05, 0) is 12.3 Å². The van der Waals surface area contributed by atoms with Crippen molar-refractivity contribution in [3.05, 3.63) is 35.9 Å². The number of benzene rings is 1. The number of ether oxygens (including phenoxy) is 1. The summed E-state index contributed by atoms with van der Waals surface area (Å²) >= 11 is 0. The van der Waals surface area contributed by atoms with Crippen LogP contribution in [-0.4, -0.2) is 48.5 Å². The van der Waals surface area contributed by atoms with E-state index in [9.17, 15) is 4.79 Å². The van der Waals surface area contributed by atoms with Gasteiger partial charge in [0, 0.05) is 11.5 Å². The lowest BCUT2D eigenvalue weighted by atomic mass is 9.79. The molecule has 4 unspecified atom stereocenters. The fraction of sp³-hybridized carbons (Fsp3) is 0.682. The van der Waals surface area contributed by atoms with Gasteiger partial charge in [-0.1, -0.05) is 75.5 Å². The van der Waals surface area contributed by atoms with Crippen molar-refractivity contribution in [2.24, 2.45) is 11.8 Å². The second-order valence-corrected chi connectivity index (χ2v) is 8.13. The Morgan fingerprint density at radius 1 is 1.26 bits per heavy atom. The highest BCUT2D eigenvalue weighted by molar-refractivity contribution is 5.75. The van der Waals surface area contributed by atoms with E-state index in [-0.39, 0.29) is 12.0 Å². The number of fused-ring (bicyclic) bond motifs is 1. The van der Waals surface area contributed by atoms with Crippen LogP contribution in [0.5, 0.6) is 0 Å². The third-order valence-electron chi connectivity index (χ3n) is 6.77. The van der Waals surface area contributed by atoms with Crippen LogP contribution in [0.15, 0.2) is 30.3 Å². The molecule has 3 rings (SSSR count). The maximum atomic E-state index is 12.3. The first kappa shape index (κ1) is 20.3. The molecule has 1 aromatic rings. The highest BCUT2D eigenvalue weighted by Gasteiger charge is 2.61. The Bertz CT molecular complexity index is 619. The van der Waals surface area contributed by atoms with Crippen molar-refractivity contribution in [1.29, 1.82) is 0 Å². The number of hydrazine groups is 1. The number of nitrogens with one attached hydrogen (secondary N) is 1. The van der Waals surface area contributed by atoms with Crippen LogP contribution in [0.3, 0.4) is 0 Å². The van der Waals surface area contributed by atoms with Crippen LogP contribution in [0.1, 0.15) is 58.1 Å². The largest absolute Gasteiger partial charge is 0.468 e. The summed E-state index contributed by atoms with van der Waals surface area (Å²) in [4.78, 5) is 12.3. The molecule has 0 bridgehead atoms. The zero-order valence-corrected chi connectivity index (χ0v) is 17.4. The van der Waals surface area contributed by atoms with Crippen molar-refractivity contribution in [2.45, 2.75) is 58.5 Å². The van der Waals surface area contributed by atoms with E-state index in [1.54, 1.807) is 0 Å². The third-order valence-corrected chi connectivity index (χ3v) is 6.77. The Kier molecular flexibility index (Phi) is 6.56. The van der Waals surface area contributed by atoms with Gasteiger partial charge in [-0.3, -0.25) is 4.79 Å². The number of carbonyl (C=O) groups is 1. The highest BCUT2D eigenvalue weighted by atomic mass is 16.5. The molecule has 2 saturated heterocycles. The van der Waals surface area contributed by atoms with E-state index < -0.39 is 0 Å². The molecular formula is C22H36N3O2+. The molecule has 27 heavy (non-hydrogen) atoms. The van der Waals surface area contributed by atoms with E-state index in [0.717, 1.165) is 37.1 Å². The van der Waals surface area contributed by atoms with Crippen molar-refractivity contribution in [1.82, 2.24) is 10.5 Å². The minimum atomic E-state index is -0.249. The van der Waals surface area contributed by atoms with Gasteiger partial charge in [0.25, 0.3) is 0 Å². The van der Waals surface area contributed by atoms with Crippen molar-refractivity contribution >= 4 is 5.97 Å². The van der Waals surface area contributed by atoms with Crippen LogP contribution >= 0.6 is 0 Å². The van der Waals surface area contributed by atoms with E-state index in [1.165, 1.54) is 25.5 Å². The summed E-state index contributed by atoms with van der Waals surface area (Å²) in [6.07, 6.45) is 4.72. The molecule has 0 saturated carbocycles. The Morgan fingerprint density at radius 2 is 1.96 bits per heavy atom. The molecule has 4 atom stereocenters. The van der Waals surface area contributed by atoms with Gasteiger partial charge in [-0.2, -0.15) is 5.43 Å². The predicted molar refractivity (Wildman–Crippen MR) is 107 cm³/mol. The van der Waals surface area contributed by atoms with Gasteiger partial charge in [0.05, 0.1) is 20.2 Å². The topological polar surface area (TPSA) is 41.6 Å². The number of hydrogen-bond acceptors (Lipinski definition) is 4. The van der Waals surface area contributed by atoms with Crippen LogP contribution in [0.2, 0.25) is 0 Å². The minimum absolute atomic E-state index is 0.149. The second kappa shape index (κ2) is 8.72. The third kappa shape index (κ3) is 3.65. The normalized spacial score (nSPS) is 30.6. The van der Waals surface area contributed by atoms with Crippen molar-refractivity contribution < 1.29 is 14.1 Å². The van der Waals surface area contributed by atoms with E-state index in [4.69, 9.17) is 4.74 Å². The summed E-state index contributed by atoms with van der Waals surface area (Å²) in [7, 11) is 1.49. The molecule has 2 heterocycles. The molecule has 150 valence electrons. The zero-order chi connectivity index (χ0) is 19.4. The molecule has 2 fully saturated rings. The maximum Gasteiger partial charge on any atom is 0.330 e. The fourth-order valence-corrected chi connectivity index (χ4v) is 5.41. The van der Waals surface area contributed by atoms with E-state index in [2.05, 4.69) is 61.6 Å². The summed E-state index contributed by atoms with van der Waals surface area (Å²) in [5, 5.41) is 2.37. The molecule has 0 spiro atoms. The van der Waals surface area contributed by atoms with Crippen LogP contribution in [0, 0.1) is 11.8 Å². The van der Waals surface area contributed by atoms with Crippen molar-refractivity contribution in [3.8, 4) is 0 Å².